The van der Waals surface area contributed by atoms with Gasteiger partial charge in [0.15, 0.2) is 5.78 Å². The fraction of sp³-hybridized carbons (Fsp3) is 0. The summed E-state index contributed by atoms with van der Waals surface area (Å²) in [5.74, 6) is 0.0208. The van der Waals surface area contributed by atoms with E-state index >= 15 is 0 Å². The topological polar surface area (TPSA) is 32.9 Å². The highest BCUT2D eigenvalue weighted by atomic mass is 79.9. The van der Waals surface area contributed by atoms with Crippen LogP contribution in [0.1, 0.15) is 15.9 Å². The third-order valence-corrected chi connectivity index (χ3v) is 4.20. The van der Waals surface area contributed by atoms with E-state index in [2.05, 4.69) is 36.8 Å². The van der Waals surface area contributed by atoms with Gasteiger partial charge in [0.25, 0.3) is 0 Å². The average Bonchev–Trinajstić information content (AvgIpc) is 2.81. The van der Waals surface area contributed by atoms with Crippen molar-refractivity contribution < 1.29 is 4.79 Å². The second-order valence-electron chi connectivity index (χ2n) is 4.20. The van der Waals surface area contributed by atoms with E-state index < -0.39 is 0 Å². The number of H-pyrrole nitrogens is 1. The maximum absolute atomic E-state index is 12.5. The van der Waals surface area contributed by atoms with Gasteiger partial charge in [0.05, 0.1) is 5.52 Å². The molecular formula is C15H9Br2NO. The van der Waals surface area contributed by atoms with E-state index in [1.165, 1.54) is 0 Å². The lowest BCUT2D eigenvalue weighted by Gasteiger charge is -2.03. The fourth-order valence-corrected chi connectivity index (χ4v) is 2.78. The average molecular weight is 379 g/mol. The number of para-hydroxylation sites is 1. The predicted octanol–water partition coefficient (Wildman–Crippen LogP) is 4.92. The van der Waals surface area contributed by atoms with Crippen molar-refractivity contribution in [2.45, 2.75) is 0 Å². The number of halogens is 2. The first-order valence-corrected chi connectivity index (χ1v) is 7.31. The summed E-state index contributed by atoms with van der Waals surface area (Å²) >= 11 is 6.84. The Labute approximate surface area is 127 Å². The third kappa shape index (κ3) is 2.26. The molecule has 0 aliphatic rings. The van der Waals surface area contributed by atoms with Crippen LogP contribution in [0.3, 0.4) is 0 Å². The largest absolute Gasteiger partial charge is 0.359 e. The first kappa shape index (κ1) is 12.6. The highest BCUT2D eigenvalue weighted by molar-refractivity contribution is 9.11. The SMILES string of the molecule is O=C(c1ccc(Br)cc1)c1cccc2c(Br)c[nH]c12. The number of fused-ring (bicyclic) bond motifs is 1. The van der Waals surface area contributed by atoms with Gasteiger partial charge in [-0.1, -0.05) is 28.1 Å². The van der Waals surface area contributed by atoms with Gasteiger partial charge in [-0.2, -0.15) is 0 Å². The van der Waals surface area contributed by atoms with Crippen molar-refractivity contribution >= 4 is 48.5 Å². The summed E-state index contributed by atoms with van der Waals surface area (Å²) in [5.41, 5.74) is 2.23. The molecule has 3 rings (SSSR count). The Morgan fingerprint density at radius 3 is 2.47 bits per heavy atom. The summed E-state index contributed by atoms with van der Waals surface area (Å²) in [6, 6.07) is 13.1. The number of benzene rings is 2. The molecule has 0 amide bonds. The van der Waals surface area contributed by atoms with Crippen molar-refractivity contribution in [2.24, 2.45) is 0 Å². The molecule has 0 bridgehead atoms. The second kappa shape index (κ2) is 4.94. The maximum atomic E-state index is 12.5. The molecule has 0 unspecified atom stereocenters. The Morgan fingerprint density at radius 2 is 1.74 bits per heavy atom. The predicted molar refractivity (Wildman–Crippen MR) is 83.6 cm³/mol. The Morgan fingerprint density at radius 1 is 1.00 bits per heavy atom. The highest BCUT2D eigenvalue weighted by Gasteiger charge is 2.14. The van der Waals surface area contributed by atoms with Gasteiger partial charge in [-0.05, 0) is 46.3 Å². The number of ketones is 1. The number of aromatic amines is 1. The van der Waals surface area contributed by atoms with Crippen molar-refractivity contribution in [1.82, 2.24) is 4.98 Å². The van der Waals surface area contributed by atoms with Crippen molar-refractivity contribution in [3.63, 3.8) is 0 Å². The lowest BCUT2D eigenvalue weighted by atomic mass is 10.0. The summed E-state index contributed by atoms with van der Waals surface area (Å²) in [4.78, 5) is 15.7. The van der Waals surface area contributed by atoms with Crippen LogP contribution in [0, 0.1) is 0 Å². The molecule has 1 aromatic heterocycles. The van der Waals surface area contributed by atoms with Gasteiger partial charge in [0, 0.05) is 31.7 Å². The standard InChI is InChI=1S/C15H9Br2NO/c16-10-6-4-9(5-7-10)15(19)12-3-1-2-11-13(17)8-18-14(11)12/h1-8,18H. The first-order valence-electron chi connectivity index (χ1n) is 5.72. The third-order valence-electron chi connectivity index (χ3n) is 3.02. The monoisotopic (exact) mass is 377 g/mol. The molecule has 0 atom stereocenters. The van der Waals surface area contributed by atoms with Gasteiger partial charge in [-0.3, -0.25) is 4.79 Å². The molecule has 2 nitrogen and oxygen atoms in total. The van der Waals surface area contributed by atoms with Crippen LogP contribution in [0.15, 0.2) is 57.6 Å². The molecule has 94 valence electrons. The molecule has 0 radical (unpaired) electrons. The van der Waals surface area contributed by atoms with Crippen LogP contribution in [-0.4, -0.2) is 10.8 Å². The zero-order chi connectivity index (χ0) is 13.4. The number of carbonyl (C=O) groups excluding carboxylic acids is 1. The van der Waals surface area contributed by atoms with Crippen LogP contribution in [-0.2, 0) is 0 Å². The van der Waals surface area contributed by atoms with Gasteiger partial charge >= 0.3 is 0 Å². The number of carbonyl (C=O) groups is 1. The van der Waals surface area contributed by atoms with Gasteiger partial charge in [-0.25, -0.2) is 0 Å². The first-order chi connectivity index (χ1) is 9.16. The molecular weight excluding hydrogens is 370 g/mol. The van der Waals surface area contributed by atoms with Crippen molar-refractivity contribution in [1.29, 1.82) is 0 Å². The second-order valence-corrected chi connectivity index (χ2v) is 5.97. The molecule has 0 fully saturated rings. The van der Waals surface area contributed by atoms with E-state index in [0.717, 1.165) is 19.8 Å². The maximum Gasteiger partial charge on any atom is 0.195 e. The summed E-state index contributed by atoms with van der Waals surface area (Å²) in [7, 11) is 0. The molecule has 0 spiro atoms. The normalized spacial score (nSPS) is 10.8. The van der Waals surface area contributed by atoms with E-state index in [-0.39, 0.29) is 5.78 Å². The Balaban J connectivity index is 2.14. The minimum Gasteiger partial charge on any atom is -0.359 e. The van der Waals surface area contributed by atoms with Crippen molar-refractivity contribution in [3.8, 4) is 0 Å². The Hall–Kier alpha value is -1.39. The summed E-state index contributed by atoms with van der Waals surface area (Å²) in [6.45, 7) is 0. The molecule has 0 saturated carbocycles. The quantitative estimate of drug-likeness (QED) is 0.630. The molecule has 1 heterocycles. The molecule has 1 N–H and O–H groups in total. The molecule has 4 heteroatoms. The Kier molecular flexibility index (Phi) is 3.29. The van der Waals surface area contributed by atoms with Crippen molar-refractivity contribution in [2.75, 3.05) is 0 Å². The minimum atomic E-state index is 0.0208. The summed E-state index contributed by atoms with van der Waals surface area (Å²) in [5, 5.41) is 1.02. The minimum absolute atomic E-state index is 0.0208. The van der Waals surface area contributed by atoms with E-state index in [4.69, 9.17) is 0 Å². The van der Waals surface area contributed by atoms with E-state index in [1.54, 1.807) is 0 Å². The number of hydrogen-bond acceptors (Lipinski definition) is 1. The van der Waals surface area contributed by atoms with E-state index in [9.17, 15) is 4.79 Å². The summed E-state index contributed by atoms with van der Waals surface area (Å²) in [6.07, 6.45) is 1.85. The van der Waals surface area contributed by atoms with E-state index in [0.29, 0.717) is 11.1 Å². The molecule has 0 saturated heterocycles. The fourth-order valence-electron chi connectivity index (χ4n) is 2.07. The highest BCUT2D eigenvalue weighted by Crippen LogP contribution is 2.27. The van der Waals surface area contributed by atoms with Crippen molar-refractivity contribution in [3.05, 3.63) is 68.7 Å². The van der Waals surface area contributed by atoms with Gasteiger partial charge in [0.1, 0.15) is 0 Å². The number of hydrogen-bond donors (Lipinski definition) is 1. The molecule has 0 aliphatic carbocycles. The zero-order valence-electron chi connectivity index (χ0n) is 9.78. The van der Waals surface area contributed by atoms with Crippen LogP contribution < -0.4 is 0 Å². The number of rotatable bonds is 2. The van der Waals surface area contributed by atoms with Gasteiger partial charge < -0.3 is 4.98 Å². The van der Waals surface area contributed by atoms with Gasteiger partial charge in [0.2, 0.25) is 0 Å². The zero-order valence-corrected chi connectivity index (χ0v) is 13.0. The van der Waals surface area contributed by atoms with Crippen LogP contribution in [0.2, 0.25) is 0 Å². The summed E-state index contributed by atoms with van der Waals surface area (Å²) < 4.78 is 1.93. The van der Waals surface area contributed by atoms with Crippen LogP contribution in [0.5, 0.6) is 0 Å². The lowest BCUT2D eigenvalue weighted by molar-refractivity contribution is 0.104. The van der Waals surface area contributed by atoms with Gasteiger partial charge in [-0.15, -0.1) is 0 Å². The number of nitrogens with one attached hydrogen (secondary N) is 1. The lowest BCUT2D eigenvalue weighted by Crippen LogP contribution is -2.01. The molecule has 0 aliphatic heterocycles. The molecule has 19 heavy (non-hydrogen) atoms. The molecule has 2 aromatic carbocycles. The smallest absolute Gasteiger partial charge is 0.195 e. The van der Waals surface area contributed by atoms with Crippen LogP contribution in [0.25, 0.3) is 10.9 Å². The van der Waals surface area contributed by atoms with Crippen LogP contribution in [0.4, 0.5) is 0 Å². The number of aromatic nitrogens is 1. The molecule has 3 aromatic rings. The van der Waals surface area contributed by atoms with Crippen LogP contribution >= 0.6 is 31.9 Å². The Bertz CT molecular complexity index is 759. The van der Waals surface area contributed by atoms with E-state index in [1.807, 2.05) is 48.7 Å².